The third kappa shape index (κ3) is 15.3. The lowest BCUT2D eigenvalue weighted by molar-refractivity contribution is -0.131. The molecule has 0 aliphatic rings. The number of phosphoric acid groups is 1. The molecule has 0 aromatic carbocycles. The van der Waals surface area contributed by atoms with E-state index in [9.17, 15) is 9.36 Å². The Morgan fingerprint density at radius 2 is 1.71 bits per heavy atom. The van der Waals surface area contributed by atoms with Crippen LogP contribution in [0.25, 0.3) is 0 Å². The van der Waals surface area contributed by atoms with Gasteiger partial charge in [-0.3, -0.25) is 4.52 Å². The Bertz CT molecular complexity index is 283. The van der Waals surface area contributed by atoms with E-state index in [1.807, 2.05) is 0 Å². The highest BCUT2D eigenvalue weighted by molar-refractivity contribution is 7.46. The summed E-state index contributed by atoms with van der Waals surface area (Å²) in [5.74, 6) is -0.931. The van der Waals surface area contributed by atoms with E-state index >= 15 is 0 Å². The third-order valence-corrected chi connectivity index (χ3v) is 2.55. The van der Waals surface area contributed by atoms with E-state index in [4.69, 9.17) is 14.9 Å². The SMILES string of the molecule is O=C(O)/C=C/CCCCCCCOP(=O)(O)O. The average molecular weight is 266 g/mol. The molecule has 0 aromatic heterocycles. The zero-order chi connectivity index (χ0) is 13.1. The van der Waals surface area contributed by atoms with Crippen molar-refractivity contribution in [2.24, 2.45) is 0 Å². The molecule has 0 aromatic rings. The van der Waals surface area contributed by atoms with Gasteiger partial charge in [0.2, 0.25) is 0 Å². The summed E-state index contributed by atoms with van der Waals surface area (Å²) >= 11 is 0. The van der Waals surface area contributed by atoms with E-state index in [1.165, 1.54) is 0 Å². The molecule has 3 N–H and O–H groups in total. The molecule has 6 nitrogen and oxygen atoms in total. The minimum atomic E-state index is -4.31. The molecule has 0 bridgehead atoms. The number of phosphoric ester groups is 1. The fraction of sp³-hybridized carbons (Fsp3) is 0.700. The van der Waals surface area contributed by atoms with Crippen LogP contribution in [-0.4, -0.2) is 27.5 Å². The van der Waals surface area contributed by atoms with E-state index in [1.54, 1.807) is 6.08 Å². The predicted molar refractivity (Wildman–Crippen MR) is 62.5 cm³/mol. The normalized spacial score (nSPS) is 12.1. The van der Waals surface area contributed by atoms with Crippen LogP contribution in [-0.2, 0) is 13.9 Å². The molecule has 7 heteroatoms. The largest absolute Gasteiger partial charge is 0.478 e. The number of hydrogen-bond acceptors (Lipinski definition) is 3. The van der Waals surface area contributed by atoms with Crippen LogP contribution >= 0.6 is 7.82 Å². The lowest BCUT2D eigenvalue weighted by Crippen LogP contribution is -1.92. The molecule has 0 aliphatic heterocycles. The predicted octanol–water partition coefficient (Wildman–Crippen LogP) is 2.08. The molecule has 0 aliphatic carbocycles. The standard InChI is InChI=1S/C10H19O6P/c11-10(12)8-6-4-2-1-3-5-7-9-16-17(13,14)15/h6,8H,1-5,7,9H2,(H,11,12)(H2,13,14,15)/b8-6+. The Morgan fingerprint density at radius 1 is 1.12 bits per heavy atom. The summed E-state index contributed by atoms with van der Waals surface area (Å²) in [5, 5.41) is 8.31. The van der Waals surface area contributed by atoms with Crippen LogP contribution in [0.2, 0.25) is 0 Å². The molecule has 0 heterocycles. The fourth-order valence-corrected chi connectivity index (χ4v) is 1.63. The molecule has 17 heavy (non-hydrogen) atoms. The minimum Gasteiger partial charge on any atom is -0.478 e. The summed E-state index contributed by atoms with van der Waals surface area (Å²) < 4.78 is 14.6. The Labute approximate surface area is 101 Å². The number of hydrogen-bond donors (Lipinski definition) is 3. The van der Waals surface area contributed by atoms with Crippen LogP contribution < -0.4 is 0 Å². The van der Waals surface area contributed by atoms with Gasteiger partial charge < -0.3 is 14.9 Å². The highest BCUT2D eigenvalue weighted by Crippen LogP contribution is 2.35. The van der Waals surface area contributed by atoms with Gasteiger partial charge in [0, 0.05) is 6.08 Å². The molecule has 0 saturated carbocycles. The second-order valence-electron chi connectivity index (χ2n) is 3.62. The van der Waals surface area contributed by atoms with Crippen molar-refractivity contribution in [3.05, 3.63) is 12.2 Å². The maximum Gasteiger partial charge on any atom is 0.469 e. The lowest BCUT2D eigenvalue weighted by atomic mass is 10.1. The van der Waals surface area contributed by atoms with E-state index in [0.717, 1.165) is 38.2 Å². The summed E-state index contributed by atoms with van der Waals surface area (Å²) in [6, 6.07) is 0. The number of allylic oxidation sites excluding steroid dienone is 1. The molecule has 0 fully saturated rings. The molecule has 100 valence electrons. The first-order valence-corrected chi connectivity index (χ1v) is 7.04. The van der Waals surface area contributed by atoms with Gasteiger partial charge in [-0.05, 0) is 19.3 Å². The number of carbonyl (C=O) groups is 1. The number of rotatable bonds is 10. The molecule has 0 rings (SSSR count). The van der Waals surface area contributed by atoms with Gasteiger partial charge in [0.1, 0.15) is 0 Å². The Balaban J connectivity index is 3.19. The zero-order valence-corrected chi connectivity index (χ0v) is 10.5. The van der Waals surface area contributed by atoms with Crippen LogP contribution in [0.3, 0.4) is 0 Å². The molecule has 0 saturated heterocycles. The van der Waals surface area contributed by atoms with Crippen molar-refractivity contribution < 1.29 is 28.8 Å². The van der Waals surface area contributed by atoms with Crippen LogP contribution in [0.5, 0.6) is 0 Å². The van der Waals surface area contributed by atoms with E-state index in [2.05, 4.69) is 4.52 Å². The molecule has 0 radical (unpaired) electrons. The summed E-state index contributed by atoms with van der Waals surface area (Å²) in [4.78, 5) is 26.9. The average Bonchev–Trinajstić information content (AvgIpc) is 2.18. The lowest BCUT2D eigenvalue weighted by Gasteiger charge is -2.04. The van der Waals surface area contributed by atoms with Gasteiger partial charge in [-0.2, -0.15) is 0 Å². The topological polar surface area (TPSA) is 104 Å². The summed E-state index contributed by atoms with van der Waals surface area (Å²) in [6.45, 7) is 0.0726. The van der Waals surface area contributed by atoms with Crippen LogP contribution in [0.15, 0.2) is 12.2 Å². The zero-order valence-electron chi connectivity index (χ0n) is 9.62. The van der Waals surface area contributed by atoms with Crippen LogP contribution in [0.1, 0.15) is 38.5 Å². The van der Waals surface area contributed by atoms with Gasteiger partial charge in [0.05, 0.1) is 6.61 Å². The van der Waals surface area contributed by atoms with Gasteiger partial charge in [0.25, 0.3) is 0 Å². The highest BCUT2D eigenvalue weighted by Gasteiger charge is 2.12. The molecular formula is C10H19O6P. The van der Waals surface area contributed by atoms with Gasteiger partial charge in [-0.1, -0.05) is 25.3 Å². The Morgan fingerprint density at radius 3 is 2.29 bits per heavy atom. The number of carboxylic acid groups (broad SMARTS) is 1. The summed E-state index contributed by atoms with van der Waals surface area (Å²) in [5.41, 5.74) is 0. The smallest absolute Gasteiger partial charge is 0.469 e. The van der Waals surface area contributed by atoms with Crippen molar-refractivity contribution in [3.8, 4) is 0 Å². The van der Waals surface area contributed by atoms with E-state index < -0.39 is 13.8 Å². The van der Waals surface area contributed by atoms with Gasteiger partial charge in [-0.15, -0.1) is 0 Å². The molecule has 0 spiro atoms. The van der Waals surface area contributed by atoms with Crippen molar-refractivity contribution in [1.82, 2.24) is 0 Å². The van der Waals surface area contributed by atoms with Gasteiger partial charge in [0.15, 0.2) is 0 Å². The minimum absolute atomic E-state index is 0.0726. The molecule has 0 unspecified atom stereocenters. The van der Waals surface area contributed by atoms with Crippen molar-refractivity contribution >= 4 is 13.8 Å². The third-order valence-electron chi connectivity index (χ3n) is 2.04. The molecule has 0 amide bonds. The first kappa shape index (κ1) is 16.3. The maximum atomic E-state index is 10.3. The van der Waals surface area contributed by atoms with Crippen molar-refractivity contribution in [2.45, 2.75) is 38.5 Å². The Hall–Kier alpha value is -0.680. The quantitative estimate of drug-likeness (QED) is 0.317. The fourth-order valence-electron chi connectivity index (χ4n) is 1.26. The molecule has 0 atom stereocenters. The number of aliphatic carboxylic acids is 1. The second-order valence-corrected chi connectivity index (χ2v) is 4.86. The van der Waals surface area contributed by atoms with Gasteiger partial charge in [-0.25, -0.2) is 9.36 Å². The van der Waals surface area contributed by atoms with E-state index in [0.29, 0.717) is 6.42 Å². The number of carboxylic acids is 1. The first-order valence-electron chi connectivity index (χ1n) is 5.51. The summed E-state index contributed by atoms with van der Waals surface area (Å²) in [6.07, 6.45) is 7.81. The van der Waals surface area contributed by atoms with Crippen molar-refractivity contribution in [3.63, 3.8) is 0 Å². The Kier molecular flexibility index (Phi) is 8.99. The van der Waals surface area contributed by atoms with Gasteiger partial charge >= 0.3 is 13.8 Å². The highest BCUT2D eigenvalue weighted by atomic mass is 31.2. The first-order chi connectivity index (χ1) is 7.92. The maximum absolute atomic E-state index is 10.3. The second kappa shape index (κ2) is 9.36. The molecular weight excluding hydrogens is 247 g/mol. The summed E-state index contributed by atoms with van der Waals surface area (Å²) in [7, 11) is -4.31. The van der Waals surface area contributed by atoms with Crippen molar-refractivity contribution in [2.75, 3.05) is 6.61 Å². The van der Waals surface area contributed by atoms with Crippen LogP contribution in [0, 0.1) is 0 Å². The van der Waals surface area contributed by atoms with Crippen molar-refractivity contribution in [1.29, 1.82) is 0 Å². The number of unbranched alkanes of at least 4 members (excludes halogenated alkanes) is 5. The van der Waals surface area contributed by atoms with Crippen LogP contribution in [0.4, 0.5) is 0 Å². The monoisotopic (exact) mass is 266 g/mol. The van der Waals surface area contributed by atoms with E-state index in [-0.39, 0.29) is 6.61 Å².